The van der Waals surface area contributed by atoms with E-state index in [-0.39, 0.29) is 18.8 Å². The predicted molar refractivity (Wildman–Crippen MR) is 70.0 cm³/mol. The molecule has 1 N–H and O–H groups in total. The van der Waals surface area contributed by atoms with E-state index in [1.54, 1.807) is 4.90 Å². The average molecular weight is 272 g/mol. The largest absolute Gasteiger partial charge is 0.444 e. The van der Waals surface area contributed by atoms with Crippen molar-refractivity contribution in [1.29, 1.82) is 0 Å². The molecular weight excluding hydrogens is 248 g/mol. The van der Waals surface area contributed by atoms with Gasteiger partial charge in [-0.05, 0) is 20.8 Å². The van der Waals surface area contributed by atoms with Crippen molar-refractivity contribution < 1.29 is 19.4 Å². The summed E-state index contributed by atoms with van der Waals surface area (Å²) in [6.45, 7) is 9.32. The summed E-state index contributed by atoms with van der Waals surface area (Å²) in [5.41, 5.74) is -0.441. The van der Waals surface area contributed by atoms with E-state index >= 15 is 0 Å². The van der Waals surface area contributed by atoms with E-state index in [1.807, 2.05) is 20.8 Å². The van der Waals surface area contributed by atoms with Crippen LogP contribution in [0.4, 0.5) is 4.79 Å². The van der Waals surface area contributed by atoms with Crippen LogP contribution >= 0.6 is 0 Å². The third kappa shape index (κ3) is 3.81. The molecule has 1 atom stereocenters. The molecule has 1 amide bonds. The normalized spacial score (nSPS) is 26.1. The molecule has 0 unspecified atom stereocenters. The molecule has 0 bridgehead atoms. The molecule has 6 heteroatoms. The lowest BCUT2D eigenvalue weighted by atomic mass is 10.1. The molecule has 0 saturated carbocycles. The first-order valence-corrected chi connectivity index (χ1v) is 6.83. The van der Waals surface area contributed by atoms with Gasteiger partial charge >= 0.3 is 6.09 Å². The number of morpholine rings is 1. The van der Waals surface area contributed by atoms with Gasteiger partial charge in [-0.2, -0.15) is 0 Å². The van der Waals surface area contributed by atoms with E-state index in [2.05, 4.69) is 4.90 Å². The van der Waals surface area contributed by atoms with E-state index < -0.39 is 5.60 Å². The Morgan fingerprint density at radius 2 is 2.05 bits per heavy atom. The molecule has 0 aliphatic carbocycles. The Balaban J connectivity index is 1.75. The molecule has 0 aromatic rings. The highest BCUT2D eigenvalue weighted by atomic mass is 16.6. The number of aliphatic hydroxyl groups excluding tert-OH is 1. The van der Waals surface area contributed by atoms with Gasteiger partial charge in [0, 0.05) is 32.2 Å². The molecule has 110 valence electrons. The van der Waals surface area contributed by atoms with Gasteiger partial charge in [0.1, 0.15) is 5.60 Å². The highest BCUT2D eigenvalue weighted by molar-refractivity contribution is 5.69. The van der Waals surface area contributed by atoms with E-state index in [4.69, 9.17) is 14.6 Å². The first-order valence-electron chi connectivity index (χ1n) is 6.83. The number of amides is 1. The van der Waals surface area contributed by atoms with Gasteiger partial charge in [-0.1, -0.05) is 0 Å². The lowest BCUT2D eigenvalue weighted by Gasteiger charge is -2.47. The maximum atomic E-state index is 11.8. The molecule has 2 fully saturated rings. The van der Waals surface area contributed by atoms with Gasteiger partial charge in [0.15, 0.2) is 0 Å². The highest BCUT2D eigenvalue weighted by Gasteiger charge is 2.38. The molecule has 0 aromatic carbocycles. The number of rotatable bonds is 2. The number of aliphatic hydroxyl groups is 1. The lowest BCUT2D eigenvalue weighted by molar-refractivity contribution is -0.0876. The van der Waals surface area contributed by atoms with Crippen LogP contribution in [0.2, 0.25) is 0 Å². The fourth-order valence-electron chi connectivity index (χ4n) is 2.35. The molecule has 2 heterocycles. The van der Waals surface area contributed by atoms with Gasteiger partial charge in [-0.25, -0.2) is 4.79 Å². The summed E-state index contributed by atoms with van der Waals surface area (Å²) in [7, 11) is 0. The summed E-state index contributed by atoms with van der Waals surface area (Å²) in [5.74, 6) is 0. The summed E-state index contributed by atoms with van der Waals surface area (Å²) in [6.07, 6.45) is -0.333. The van der Waals surface area contributed by atoms with Gasteiger partial charge in [-0.15, -0.1) is 0 Å². The van der Waals surface area contributed by atoms with Crippen molar-refractivity contribution in [1.82, 2.24) is 9.80 Å². The number of likely N-dealkylation sites (tertiary alicyclic amines) is 1. The zero-order chi connectivity index (χ0) is 14.0. The molecule has 0 radical (unpaired) electrons. The second-order valence-electron chi connectivity index (χ2n) is 6.21. The van der Waals surface area contributed by atoms with E-state index in [0.29, 0.717) is 25.7 Å². The van der Waals surface area contributed by atoms with Gasteiger partial charge in [-0.3, -0.25) is 4.90 Å². The minimum Gasteiger partial charge on any atom is -0.444 e. The summed E-state index contributed by atoms with van der Waals surface area (Å²) in [5, 5.41) is 9.11. The van der Waals surface area contributed by atoms with Crippen LogP contribution in [0.5, 0.6) is 0 Å². The molecule has 0 spiro atoms. The maximum Gasteiger partial charge on any atom is 0.410 e. The smallest absolute Gasteiger partial charge is 0.410 e. The third-order valence-electron chi connectivity index (χ3n) is 3.40. The monoisotopic (exact) mass is 272 g/mol. The summed E-state index contributed by atoms with van der Waals surface area (Å²) in [6, 6.07) is 0.366. The topological polar surface area (TPSA) is 62.2 Å². The summed E-state index contributed by atoms with van der Waals surface area (Å²) < 4.78 is 10.7. The Hall–Kier alpha value is -0.850. The third-order valence-corrected chi connectivity index (χ3v) is 3.40. The van der Waals surface area contributed by atoms with Crippen molar-refractivity contribution in [3.8, 4) is 0 Å². The fraction of sp³-hybridized carbons (Fsp3) is 0.923. The standard InChI is InChI=1S/C13H24N2O4/c1-13(2,3)19-12(17)15-6-10(7-15)14-4-5-18-11(8-14)9-16/h10-11,16H,4-9H2,1-3H3/t11-/m0/s1. The Morgan fingerprint density at radius 3 is 2.63 bits per heavy atom. The van der Waals surface area contributed by atoms with Crippen LogP contribution in [0, 0.1) is 0 Å². The summed E-state index contributed by atoms with van der Waals surface area (Å²) >= 11 is 0. The second kappa shape index (κ2) is 5.64. The number of nitrogens with zero attached hydrogens (tertiary/aromatic N) is 2. The van der Waals surface area contributed by atoms with Crippen molar-refractivity contribution in [3.63, 3.8) is 0 Å². The van der Waals surface area contributed by atoms with Gasteiger partial charge in [0.2, 0.25) is 0 Å². The first-order chi connectivity index (χ1) is 8.89. The van der Waals surface area contributed by atoms with Crippen molar-refractivity contribution in [2.45, 2.75) is 38.5 Å². The minimum atomic E-state index is -0.441. The summed E-state index contributed by atoms with van der Waals surface area (Å²) in [4.78, 5) is 15.8. The van der Waals surface area contributed by atoms with E-state index in [0.717, 1.165) is 13.1 Å². The number of hydrogen-bond donors (Lipinski definition) is 1. The van der Waals surface area contributed by atoms with Crippen molar-refractivity contribution in [2.75, 3.05) is 39.4 Å². The van der Waals surface area contributed by atoms with Crippen LogP contribution in [0.3, 0.4) is 0 Å². The molecule has 6 nitrogen and oxygen atoms in total. The van der Waals surface area contributed by atoms with Crippen LogP contribution in [0.15, 0.2) is 0 Å². The molecule has 2 rings (SSSR count). The quantitative estimate of drug-likeness (QED) is 0.783. The molecular formula is C13H24N2O4. The minimum absolute atomic E-state index is 0.0546. The zero-order valence-electron chi connectivity index (χ0n) is 12.0. The fourth-order valence-corrected chi connectivity index (χ4v) is 2.35. The predicted octanol–water partition coefficient (Wildman–Crippen LogP) is 0.299. The van der Waals surface area contributed by atoms with E-state index in [1.165, 1.54) is 0 Å². The SMILES string of the molecule is CC(C)(C)OC(=O)N1CC(N2CCO[C@H](CO)C2)C1. The second-order valence-corrected chi connectivity index (χ2v) is 6.21. The van der Waals surface area contributed by atoms with E-state index in [9.17, 15) is 4.79 Å². The maximum absolute atomic E-state index is 11.8. The van der Waals surface area contributed by atoms with Gasteiger partial charge in [0.25, 0.3) is 0 Å². The Labute approximate surface area is 114 Å². The van der Waals surface area contributed by atoms with Crippen LogP contribution in [0.1, 0.15) is 20.8 Å². The number of carbonyl (C=O) groups is 1. The Bertz CT molecular complexity index is 323. The van der Waals surface area contributed by atoms with Crippen molar-refractivity contribution in [2.24, 2.45) is 0 Å². The van der Waals surface area contributed by atoms with Crippen LogP contribution in [-0.4, -0.2) is 78.1 Å². The van der Waals surface area contributed by atoms with Crippen LogP contribution in [-0.2, 0) is 9.47 Å². The molecule has 19 heavy (non-hydrogen) atoms. The number of carbonyl (C=O) groups excluding carboxylic acids is 1. The zero-order valence-corrected chi connectivity index (χ0v) is 12.0. The molecule has 2 aliphatic rings. The first kappa shape index (κ1) is 14.6. The van der Waals surface area contributed by atoms with Crippen LogP contribution in [0.25, 0.3) is 0 Å². The highest BCUT2D eigenvalue weighted by Crippen LogP contribution is 2.20. The molecule has 2 aliphatic heterocycles. The molecule has 2 saturated heterocycles. The number of hydrogen-bond acceptors (Lipinski definition) is 5. The Morgan fingerprint density at radius 1 is 1.37 bits per heavy atom. The Kier molecular flexibility index (Phi) is 4.32. The van der Waals surface area contributed by atoms with Crippen molar-refractivity contribution >= 4 is 6.09 Å². The lowest BCUT2D eigenvalue weighted by Crippen LogP contribution is -2.64. The van der Waals surface area contributed by atoms with Crippen molar-refractivity contribution in [3.05, 3.63) is 0 Å². The average Bonchev–Trinajstić information content (AvgIpc) is 2.25. The van der Waals surface area contributed by atoms with Gasteiger partial charge in [0.05, 0.1) is 19.3 Å². The molecule has 0 aromatic heterocycles. The number of ether oxygens (including phenoxy) is 2. The van der Waals surface area contributed by atoms with Crippen LogP contribution < -0.4 is 0 Å². The van der Waals surface area contributed by atoms with Gasteiger partial charge < -0.3 is 19.5 Å².